The number of aryl methyl sites for hydroxylation is 3. The van der Waals surface area contributed by atoms with E-state index in [2.05, 4.69) is 0 Å². The van der Waals surface area contributed by atoms with Gasteiger partial charge in [0.2, 0.25) is 0 Å². The molecule has 0 saturated carbocycles. The summed E-state index contributed by atoms with van der Waals surface area (Å²) in [6.45, 7) is 2.02. The third-order valence-electron chi connectivity index (χ3n) is 2.47. The Kier molecular flexibility index (Phi) is 1.88. The van der Waals surface area contributed by atoms with Gasteiger partial charge in [-0.25, -0.2) is 0 Å². The van der Waals surface area contributed by atoms with Gasteiger partial charge in [-0.05, 0) is 24.6 Å². The van der Waals surface area contributed by atoms with Crippen LogP contribution in [0.1, 0.15) is 5.56 Å². The van der Waals surface area contributed by atoms with Crippen LogP contribution in [0.2, 0.25) is 0 Å². The Hall–Kier alpha value is -1.64. The van der Waals surface area contributed by atoms with Crippen molar-refractivity contribution in [2.45, 2.75) is 6.92 Å². The predicted octanol–water partition coefficient (Wildman–Crippen LogP) is 0.671. The van der Waals surface area contributed by atoms with Gasteiger partial charge in [0, 0.05) is 0 Å². The molecule has 3 nitrogen and oxygen atoms in total. The zero-order valence-electron chi connectivity index (χ0n) is 8.61. The Morgan fingerprint density at radius 1 is 1.36 bits per heavy atom. The van der Waals surface area contributed by atoms with Crippen molar-refractivity contribution in [1.82, 2.24) is 4.57 Å². The van der Waals surface area contributed by atoms with E-state index in [1.54, 1.807) is 23.2 Å². The number of aromatic nitrogens is 2. The largest absolute Gasteiger partial charge is 0.497 e. The highest BCUT2D eigenvalue weighted by atomic mass is 16.1. The van der Waals surface area contributed by atoms with Gasteiger partial charge in [-0.1, -0.05) is 6.07 Å². The Balaban J connectivity index is 2.99. The third kappa shape index (κ3) is 1.21. The van der Waals surface area contributed by atoms with E-state index >= 15 is 0 Å². The molecule has 0 aliphatic rings. The van der Waals surface area contributed by atoms with Crippen molar-refractivity contribution in [2.75, 3.05) is 0 Å². The summed E-state index contributed by atoms with van der Waals surface area (Å²) in [5.41, 5.74) is 2.15. The highest BCUT2D eigenvalue weighted by Gasteiger charge is 2.09. The first-order chi connectivity index (χ1) is 6.59. The van der Waals surface area contributed by atoms with Crippen molar-refractivity contribution in [1.29, 1.82) is 0 Å². The summed E-state index contributed by atoms with van der Waals surface area (Å²) in [6.07, 6.45) is 1.86. The van der Waals surface area contributed by atoms with Crippen LogP contribution in [0, 0.1) is 6.92 Å². The van der Waals surface area contributed by atoms with Crippen molar-refractivity contribution in [2.24, 2.45) is 14.1 Å². The van der Waals surface area contributed by atoms with Gasteiger partial charge in [0.05, 0.1) is 19.5 Å². The fraction of sp³-hybridized carbons (Fsp3) is 0.273. The topological polar surface area (TPSA) is 25.9 Å². The van der Waals surface area contributed by atoms with Crippen LogP contribution in [0.25, 0.3) is 10.9 Å². The first-order valence-corrected chi connectivity index (χ1v) is 4.55. The zero-order chi connectivity index (χ0) is 10.3. The summed E-state index contributed by atoms with van der Waals surface area (Å²) in [5, 5.41) is 1.08. The minimum absolute atomic E-state index is 0.00287. The van der Waals surface area contributed by atoms with Gasteiger partial charge in [-0.2, -0.15) is 13.9 Å². The third-order valence-corrected chi connectivity index (χ3v) is 2.47. The number of rotatable bonds is 0. The van der Waals surface area contributed by atoms with Crippen molar-refractivity contribution in [3.8, 4) is 0 Å². The average molecular weight is 189 g/mol. The summed E-state index contributed by atoms with van der Waals surface area (Å²) in [7, 11) is 3.56. The van der Waals surface area contributed by atoms with Gasteiger partial charge in [-0.3, -0.25) is 0 Å². The maximum Gasteiger partial charge on any atom is 0.497 e. The quantitative estimate of drug-likeness (QED) is 0.559. The lowest BCUT2D eigenvalue weighted by atomic mass is 10.2. The molecule has 0 unspecified atom stereocenters. The average Bonchev–Trinajstić information content (AvgIpc) is 2.16. The van der Waals surface area contributed by atoms with Crippen molar-refractivity contribution < 1.29 is 4.57 Å². The number of hydrogen-bond donors (Lipinski definition) is 0. The molecule has 0 N–H and O–H groups in total. The van der Waals surface area contributed by atoms with E-state index in [1.807, 2.05) is 31.3 Å². The molecule has 0 atom stereocenters. The standard InChI is InChI=1S/C11H13N2O/c1-8-4-5-9-7-12(2)11(14)13(3)10(9)6-8/h4-7H,1-3H3/q+1. The van der Waals surface area contributed by atoms with Gasteiger partial charge in [0.15, 0.2) is 0 Å². The highest BCUT2D eigenvalue weighted by molar-refractivity contribution is 5.77. The molecule has 0 aliphatic heterocycles. The molecule has 3 heteroatoms. The Morgan fingerprint density at radius 3 is 2.79 bits per heavy atom. The smallest absolute Gasteiger partial charge is 0.200 e. The lowest BCUT2D eigenvalue weighted by Gasteiger charge is -2.00. The van der Waals surface area contributed by atoms with Gasteiger partial charge in [0.25, 0.3) is 0 Å². The minimum atomic E-state index is 0.00287. The molecule has 0 fully saturated rings. The molecule has 0 radical (unpaired) electrons. The lowest BCUT2D eigenvalue weighted by Crippen LogP contribution is -2.50. The Bertz CT molecular complexity index is 555. The maximum absolute atomic E-state index is 11.6. The van der Waals surface area contributed by atoms with Crippen LogP contribution in [-0.2, 0) is 14.1 Å². The van der Waals surface area contributed by atoms with E-state index in [4.69, 9.17) is 0 Å². The van der Waals surface area contributed by atoms with E-state index in [1.165, 1.54) is 5.56 Å². The molecule has 0 bridgehead atoms. The van der Waals surface area contributed by atoms with Crippen molar-refractivity contribution >= 4 is 10.9 Å². The fourth-order valence-electron chi connectivity index (χ4n) is 1.66. The van der Waals surface area contributed by atoms with Crippen LogP contribution in [0.5, 0.6) is 0 Å². The van der Waals surface area contributed by atoms with Crippen LogP contribution in [0.4, 0.5) is 0 Å². The Morgan fingerprint density at radius 2 is 2.07 bits per heavy atom. The maximum atomic E-state index is 11.6. The van der Waals surface area contributed by atoms with E-state index in [0.29, 0.717) is 0 Å². The summed E-state index contributed by atoms with van der Waals surface area (Å²) in [5.74, 6) is 0. The SMILES string of the molecule is Cc1ccc2c[n+](C)c(=O)n(C)c2c1. The van der Waals surface area contributed by atoms with E-state index in [9.17, 15) is 4.79 Å². The van der Waals surface area contributed by atoms with E-state index in [0.717, 1.165) is 10.9 Å². The monoisotopic (exact) mass is 189 g/mol. The molecule has 0 amide bonds. The second-order valence-corrected chi connectivity index (χ2v) is 3.64. The molecule has 0 spiro atoms. The second-order valence-electron chi connectivity index (χ2n) is 3.64. The van der Waals surface area contributed by atoms with E-state index < -0.39 is 0 Å². The molecule has 72 valence electrons. The predicted molar refractivity (Wildman–Crippen MR) is 55.1 cm³/mol. The molecule has 2 aromatic rings. The lowest BCUT2D eigenvalue weighted by molar-refractivity contribution is -0.689. The first-order valence-electron chi connectivity index (χ1n) is 4.55. The first kappa shape index (κ1) is 8.94. The van der Waals surface area contributed by atoms with Crippen molar-refractivity contribution in [3.05, 3.63) is 40.4 Å². The van der Waals surface area contributed by atoms with Gasteiger partial charge >= 0.3 is 5.69 Å². The molecule has 1 heterocycles. The van der Waals surface area contributed by atoms with Gasteiger partial charge < -0.3 is 0 Å². The van der Waals surface area contributed by atoms with Crippen LogP contribution in [0.15, 0.2) is 29.2 Å². The molecule has 1 aromatic heterocycles. The molecule has 14 heavy (non-hydrogen) atoms. The number of nitrogens with zero attached hydrogens (tertiary/aromatic N) is 2. The normalized spacial score (nSPS) is 10.8. The Labute approximate surface area is 82.2 Å². The minimum Gasteiger partial charge on any atom is -0.200 e. The molecule has 2 rings (SSSR count). The van der Waals surface area contributed by atoms with Crippen LogP contribution >= 0.6 is 0 Å². The molecule has 0 aliphatic carbocycles. The van der Waals surface area contributed by atoms with Crippen LogP contribution in [-0.4, -0.2) is 4.57 Å². The summed E-state index contributed by atoms with van der Waals surface area (Å²) >= 11 is 0. The van der Waals surface area contributed by atoms with E-state index in [-0.39, 0.29) is 5.69 Å². The fourth-order valence-corrected chi connectivity index (χ4v) is 1.66. The summed E-state index contributed by atoms with van der Waals surface area (Å²) in [6, 6.07) is 6.10. The number of hydrogen-bond acceptors (Lipinski definition) is 1. The highest BCUT2D eigenvalue weighted by Crippen LogP contribution is 2.11. The van der Waals surface area contributed by atoms with Crippen LogP contribution in [0.3, 0.4) is 0 Å². The summed E-state index contributed by atoms with van der Waals surface area (Å²) in [4.78, 5) is 11.6. The molecule has 0 saturated heterocycles. The van der Waals surface area contributed by atoms with Crippen LogP contribution < -0.4 is 10.3 Å². The molecular formula is C11H13N2O+. The number of benzene rings is 1. The number of fused-ring (bicyclic) bond motifs is 1. The molecule has 1 aromatic carbocycles. The van der Waals surface area contributed by atoms with Gasteiger partial charge in [-0.15, -0.1) is 0 Å². The zero-order valence-corrected chi connectivity index (χ0v) is 8.61. The second kappa shape index (κ2) is 2.94. The summed E-state index contributed by atoms with van der Waals surface area (Å²) < 4.78 is 3.26. The molecular weight excluding hydrogens is 176 g/mol. The van der Waals surface area contributed by atoms with Crippen molar-refractivity contribution in [3.63, 3.8) is 0 Å². The van der Waals surface area contributed by atoms with Gasteiger partial charge in [0.1, 0.15) is 11.7 Å².